The maximum Gasteiger partial charge on any atom is 0.199 e. The Labute approximate surface area is 168 Å². The van der Waals surface area contributed by atoms with Crippen LogP contribution in [0.3, 0.4) is 0 Å². The molecule has 0 aromatic heterocycles. The van der Waals surface area contributed by atoms with E-state index in [0.29, 0.717) is 0 Å². The molecule has 0 aliphatic carbocycles. The zero-order valence-electron chi connectivity index (χ0n) is 16.0. The molecule has 28 heavy (non-hydrogen) atoms. The first-order chi connectivity index (χ1) is 13.2. The predicted molar refractivity (Wildman–Crippen MR) is 112 cm³/mol. The van der Waals surface area contributed by atoms with E-state index in [-0.39, 0.29) is 22.6 Å². The molecule has 4 nitrogen and oxygen atoms in total. The molecule has 0 N–H and O–H groups in total. The van der Waals surface area contributed by atoms with Crippen LogP contribution in [0.2, 0.25) is 0 Å². The van der Waals surface area contributed by atoms with Crippen molar-refractivity contribution in [1.29, 1.82) is 0 Å². The number of terminal acetylenes is 1. The van der Waals surface area contributed by atoms with Crippen molar-refractivity contribution < 1.29 is 16.8 Å². The number of sulfone groups is 2. The van der Waals surface area contributed by atoms with Crippen molar-refractivity contribution in [2.75, 3.05) is 0 Å². The van der Waals surface area contributed by atoms with Crippen LogP contribution in [0.1, 0.15) is 33.1 Å². The van der Waals surface area contributed by atoms with Gasteiger partial charge in [-0.15, -0.1) is 12.3 Å². The summed E-state index contributed by atoms with van der Waals surface area (Å²) in [5, 5.41) is 0. The van der Waals surface area contributed by atoms with Crippen molar-refractivity contribution in [3.05, 3.63) is 72.3 Å². The van der Waals surface area contributed by atoms with Crippen molar-refractivity contribution in [2.24, 2.45) is 0 Å². The van der Waals surface area contributed by atoms with Crippen LogP contribution in [0.5, 0.6) is 0 Å². The van der Waals surface area contributed by atoms with E-state index < -0.39 is 30.2 Å². The summed E-state index contributed by atoms with van der Waals surface area (Å²) in [6, 6.07) is 15.2. The lowest BCUT2D eigenvalue weighted by molar-refractivity contribution is 0.526. The number of hydrogen-bond acceptors (Lipinski definition) is 4. The first-order valence-electron chi connectivity index (χ1n) is 8.85. The third-order valence-electron chi connectivity index (χ3n) is 4.54. The molecule has 0 fully saturated rings. The molecule has 0 radical (unpaired) electrons. The Morgan fingerprint density at radius 3 is 1.68 bits per heavy atom. The van der Waals surface area contributed by atoms with Crippen molar-refractivity contribution in [2.45, 2.75) is 47.0 Å². The van der Waals surface area contributed by atoms with Gasteiger partial charge < -0.3 is 0 Å². The standard InChI is InChI=1S/C22H24O4S2/c1-4-17-22(18-11-12-19(2)3,27(23,24)20-13-7-5-8-14-20)28(25,26)21-15-9-6-10-16-21/h1,5-10,12-16H,11,17-18H2,2-3H3. The third kappa shape index (κ3) is 4.06. The fourth-order valence-electron chi connectivity index (χ4n) is 3.06. The van der Waals surface area contributed by atoms with Gasteiger partial charge in [0.1, 0.15) is 0 Å². The lowest BCUT2D eigenvalue weighted by Crippen LogP contribution is -2.46. The summed E-state index contributed by atoms with van der Waals surface area (Å²) >= 11 is 0. The Bertz CT molecular complexity index is 1000. The van der Waals surface area contributed by atoms with Gasteiger partial charge in [0.15, 0.2) is 23.8 Å². The largest absolute Gasteiger partial charge is 0.222 e. The van der Waals surface area contributed by atoms with Crippen molar-refractivity contribution in [3.8, 4) is 12.3 Å². The topological polar surface area (TPSA) is 68.3 Å². The van der Waals surface area contributed by atoms with Gasteiger partial charge in [0, 0.05) is 6.42 Å². The molecule has 0 atom stereocenters. The lowest BCUT2D eigenvalue weighted by Gasteiger charge is -2.31. The van der Waals surface area contributed by atoms with Gasteiger partial charge in [0.2, 0.25) is 0 Å². The maximum atomic E-state index is 13.6. The first kappa shape index (κ1) is 21.9. The molecular formula is C22H24O4S2. The first-order valence-corrected chi connectivity index (χ1v) is 11.8. The lowest BCUT2D eigenvalue weighted by atomic mass is 10.1. The Balaban J connectivity index is 2.80. The molecule has 2 aromatic rings. The summed E-state index contributed by atoms with van der Waals surface area (Å²) in [4.78, 5) is -0.107. The van der Waals surface area contributed by atoms with E-state index in [1.165, 1.54) is 24.3 Å². The van der Waals surface area contributed by atoms with Crippen LogP contribution in [-0.4, -0.2) is 20.9 Å². The monoisotopic (exact) mass is 416 g/mol. The molecule has 0 aliphatic rings. The minimum Gasteiger partial charge on any atom is -0.222 e. The molecule has 0 saturated heterocycles. The van der Waals surface area contributed by atoms with Crippen molar-refractivity contribution >= 4 is 19.7 Å². The molecule has 0 bridgehead atoms. The Morgan fingerprint density at radius 2 is 1.32 bits per heavy atom. The second-order valence-corrected chi connectivity index (χ2v) is 11.5. The minimum absolute atomic E-state index is 0.0537. The molecule has 0 heterocycles. The zero-order valence-corrected chi connectivity index (χ0v) is 17.6. The second kappa shape index (κ2) is 8.76. The van der Waals surface area contributed by atoms with E-state index in [0.717, 1.165) is 5.57 Å². The van der Waals surface area contributed by atoms with E-state index in [9.17, 15) is 16.8 Å². The van der Waals surface area contributed by atoms with E-state index in [4.69, 9.17) is 6.42 Å². The van der Waals surface area contributed by atoms with Crippen LogP contribution in [0, 0.1) is 12.3 Å². The summed E-state index contributed by atoms with van der Waals surface area (Å²) in [6.45, 7) is 3.75. The fourth-order valence-corrected chi connectivity index (χ4v) is 8.00. The summed E-state index contributed by atoms with van der Waals surface area (Å²) in [7, 11) is -8.58. The van der Waals surface area contributed by atoms with E-state index in [1.54, 1.807) is 36.4 Å². The number of benzene rings is 2. The highest BCUT2D eigenvalue weighted by molar-refractivity contribution is 8.10. The average molecular weight is 417 g/mol. The average Bonchev–Trinajstić information content (AvgIpc) is 2.68. The molecule has 0 amide bonds. The Kier molecular flexibility index (Phi) is 6.87. The molecule has 148 valence electrons. The van der Waals surface area contributed by atoms with Gasteiger partial charge >= 0.3 is 0 Å². The van der Waals surface area contributed by atoms with Crippen LogP contribution in [0.25, 0.3) is 0 Å². The number of allylic oxidation sites excluding steroid dienone is 2. The zero-order chi connectivity index (χ0) is 20.8. The molecule has 0 aliphatic heterocycles. The van der Waals surface area contributed by atoms with Gasteiger partial charge in [0.05, 0.1) is 9.79 Å². The SMILES string of the molecule is C#CCC(CCC=C(C)C)(S(=O)(=O)c1ccccc1)S(=O)(=O)c1ccccc1. The molecule has 2 rings (SSSR count). The highest BCUT2D eigenvalue weighted by Crippen LogP contribution is 2.42. The highest BCUT2D eigenvalue weighted by Gasteiger charge is 2.55. The van der Waals surface area contributed by atoms with Gasteiger partial charge in [-0.2, -0.15) is 0 Å². The van der Waals surface area contributed by atoms with Gasteiger partial charge in [-0.25, -0.2) is 16.8 Å². The third-order valence-corrected chi connectivity index (χ3v) is 10.3. The van der Waals surface area contributed by atoms with Crippen LogP contribution in [-0.2, 0) is 19.7 Å². The van der Waals surface area contributed by atoms with Crippen LogP contribution in [0.4, 0.5) is 0 Å². The van der Waals surface area contributed by atoms with E-state index in [1.807, 2.05) is 19.9 Å². The molecule has 0 spiro atoms. The maximum absolute atomic E-state index is 13.6. The molecule has 0 saturated carbocycles. The highest BCUT2D eigenvalue weighted by atomic mass is 32.3. The molecular weight excluding hydrogens is 392 g/mol. The van der Waals surface area contributed by atoms with Crippen molar-refractivity contribution in [1.82, 2.24) is 0 Å². The molecule has 2 aromatic carbocycles. The van der Waals surface area contributed by atoms with Gasteiger partial charge in [-0.1, -0.05) is 48.0 Å². The van der Waals surface area contributed by atoms with Gasteiger partial charge in [-0.05, 0) is 51.0 Å². The molecule has 6 heteroatoms. The predicted octanol–water partition coefficient (Wildman–Crippen LogP) is 4.40. The number of hydrogen-bond donors (Lipinski definition) is 0. The summed E-state index contributed by atoms with van der Waals surface area (Å²) < 4.78 is 52.4. The van der Waals surface area contributed by atoms with Crippen LogP contribution in [0.15, 0.2) is 82.1 Å². The van der Waals surface area contributed by atoms with Crippen LogP contribution < -0.4 is 0 Å². The van der Waals surface area contributed by atoms with E-state index >= 15 is 0 Å². The number of rotatable bonds is 8. The Hall–Kier alpha value is -2.36. The fraction of sp³-hybridized carbons (Fsp3) is 0.273. The van der Waals surface area contributed by atoms with Crippen molar-refractivity contribution in [3.63, 3.8) is 0 Å². The van der Waals surface area contributed by atoms with Crippen LogP contribution >= 0.6 is 0 Å². The Morgan fingerprint density at radius 1 is 0.893 bits per heavy atom. The summed E-state index contributed by atoms with van der Waals surface area (Å²) in [5.41, 5.74) is 0.976. The van der Waals surface area contributed by atoms with E-state index in [2.05, 4.69) is 5.92 Å². The smallest absolute Gasteiger partial charge is 0.199 e. The molecule has 0 unspecified atom stereocenters. The minimum atomic E-state index is -4.29. The quantitative estimate of drug-likeness (QED) is 0.472. The summed E-state index contributed by atoms with van der Waals surface area (Å²) in [5.74, 6) is 2.32. The van der Waals surface area contributed by atoms with Gasteiger partial charge in [0.25, 0.3) is 0 Å². The summed E-state index contributed by atoms with van der Waals surface area (Å²) in [6.07, 6.45) is 7.05. The normalized spacial score (nSPS) is 12.2. The van der Waals surface area contributed by atoms with Gasteiger partial charge in [-0.3, -0.25) is 0 Å². The second-order valence-electron chi connectivity index (χ2n) is 6.74.